The van der Waals surface area contributed by atoms with Gasteiger partial charge in [-0.3, -0.25) is 18.7 Å². The highest BCUT2D eigenvalue weighted by Crippen LogP contribution is 2.50. The lowest BCUT2D eigenvalue weighted by Crippen LogP contribution is -2.42. The van der Waals surface area contributed by atoms with E-state index in [1.165, 1.54) is 16.9 Å². The topological polar surface area (TPSA) is 110 Å². The number of rotatable bonds is 14. The van der Waals surface area contributed by atoms with Crippen molar-refractivity contribution in [2.24, 2.45) is 11.8 Å². The molecule has 38 heavy (non-hydrogen) atoms. The fraction of sp³-hybridized carbons (Fsp3) is 0.690. The number of esters is 1. The third-order valence-corrected chi connectivity index (χ3v) is 10.3. The Labute approximate surface area is 226 Å². The van der Waals surface area contributed by atoms with E-state index in [4.69, 9.17) is 9.26 Å². The van der Waals surface area contributed by atoms with Crippen LogP contribution in [-0.2, 0) is 34.6 Å². The predicted octanol–water partition coefficient (Wildman–Crippen LogP) is 5.88. The number of ether oxygens (including phenoxy) is 1. The molecule has 0 spiro atoms. The van der Waals surface area contributed by atoms with Crippen molar-refractivity contribution in [3.05, 3.63) is 35.9 Å². The summed E-state index contributed by atoms with van der Waals surface area (Å²) in [6.45, 7) is 3.82. The minimum Gasteiger partial charge on any atom is -0.480 e. The Balaban J connectivity index is 1.69. The third kappa shape index (κ3) is 8.94. The highest BCUT2D eigenvalue weighted by atomic mass is 31.2. The van der Waals surface area contributed by atoms with Crippen LogP contribution in [0.1, 0.15) is 83.6 Å². The van der Waals surface area contributed by atoms with Gasteiger partial charge in [0.25, 0.3) is 0 Å². The van der Waals surface area contributed by atoms with Crippen LogP contribution in [0.4, 0.5) is 0 Å². The van der Waals surface area contributed by atoms with E-state index in [0.717, 1.165) is 38.5 Å². The van der Waals surface area contributed by atoms with Crippen molar-refractivity contribution in [1.29, 1.82) is 0 Å². The minimum atomic E-state index is -3.56. The smallest absolute Gasteiger partial charge is 0.326 e. The van der Waals surface area contributed by atoms with E-state index in [0.29, 0.717) is 31.7 Å². The van der Waals surface area contributed by atoms with Crippen molar-refractivity contribution in [2.45, 2.75) is 96.8 Å². The van der Waals surface area contributed by atoms with Gasteiger partial charge in [0.15, 0.2) is 0 Å². The van der Waals surface area contributed by atoms with Gasteiger partial charge in [-0.15, -0.1) is 0 Å². The van der Waals surface area contributed by atoms with E-state index in [1.54, 1.807) is 13.8 Å². The maximum absolute atomic E-state index is 14.1. The molecule has 0 aromatic heterocycles. The molecule has 8 nitrogen and oxygen atoms in total. The molecule has 0 radical (unpaired) electrons. The number of nitrogens with zero attached hydrogens (tertiary/aromatic N) is 1. The Kier molecular flexibility index (Phi) is 11.9. The molecule has 0 bridgehead atoms. The number of hydrogen-bond acceptors (Lipinski definition) is 6. The number of benzene rings is 1. The number of unbranched alkanes of at least 4 members (excludes halogenated alkanes) is 1. The summed E-state index contributed by atoms with van der Waals surface area (Å²) in [6, 6.07) is 9.09. The van der Waals surface area contributed by atoms with Gasteiger partial charge < -0.3 is 14.7 Å². The van der Waals surface area contributed by atoms with Gasteiger partial charge in [0, 0.05) is 25.5 Å². The average Bonchev–Trinajstić information content (AvgIpc) is 3.38. The van der Waals surface area contributed by atoms with Gasteiger partial charge in [-0.2, -0.15) is 0 Å². The van der Waals surface area contributed by atoms with Gasteiger partial charge in [-0.05, 0) is 43.1 Å². The monoisotopic (exact) mass is 549 g/mol. The molecule has 212 valence electrons. The van der Waals surface area contributed by atoms with Gasteiger partial charge in [-0.25, -0.2) is 4.79 Å². The van der Waals surface area contributed by atoms with Crippen LogP contribution in [0.25, 0.3) is 0 Å². The Bertz CT molecular complexity index is 963. The molecule has 1 aliphatic heterocycles. The summed E-state index contributed by atoms with van der Waals surface area (Å²) in [5.74, 6) is -1.33. The second-order valence-electron chi connectivity index (χ2n) is 10.7. The van der Waals surface area contributed by atoms with Crippen molar-refractivity contribution < 1.29 is 33.3 Å². The molecule has 2 fully saturated rings. The number of aliphatic carboxylic acids is 1. The van der Waals surface area contributed by atoms with E-state index < -0.39 is 37.5 Å². The molecule has 2 aliphatic rings. The van der Waals surface area contributed by atoms with Gasteiger partial charge in [0.2, 0.25) is 19.6 Å². The minimum absolute atomic E-state index is 0.153. The van der Waals surface area contributed by atoms with E-state index in [9.17, 15) is 24.1 Å². The Morgan fingerprint density at radius 2 is 1.76 bits per heavy atom. The van der Waals surface area contributed by atoms with Crippen molar-refractivity contribution in [3.63, 3.8) is 0 Å². The first kappa shape index (κ1) is 30.4. The summed E-state index contributed by atoms with van der Waals surface area (Å²) >= 11 is 0. The lowest BCUT2D eigenvalue weighted by Gasteiger charge is -2.28. The van der Waals surface area contributed by atoms with Gasteiger partial charge >= 0.3 is 11.9 Å². The zero-order valence-corrected chi connectivity index (χ0v) is 23.8. The standard InChI is InChI=1S/C29H44NO7P/c1-3-27(32)36-28(4-2)37-38(35,18-12-11-15-22-13-7-5-8-14-22)21-26(31)30-20-24(19-25(30)29(33)34)23-16-9-6-10-17-23/h5,7-8,13-14,23-25,28H,3-4,6,9-12,15-21H2,1-2H3,(H,33,34)/t24-,25+,28+,38-/m1/s1. The van der Waals surface area contributed by atoms with Gasteiger partial charge in [0.1, 0.15) is 12.2 Å². The number of amides is 1. The maximum Gasteiger partial charge on any atom is 0.326 e. The van der Waals surface area contributed by atoms with Crippen LogP contribution in [-0.4, -0.2) is 59.1 Å². The van der Waals surface area contributed by atoms with E-state index in [1.807, 2.05) is 30.3 Å². The summed E-state index contributed by atoms with van der Waals surface area (Å²) in [5.41, 5.74) is 1.18. The molecular formula is C29H44NO7P. The van der Waals surface area contributed by atoms with Crippen molar-refractivity contribution in [1.82, 2.24) is 4.90 Å². The second-order valence-corrected chi connectivity index (χ2v) is 13.3. The number of likely N-dealkylation sites (tertiary alicyclic amines) is 1. The molecule has 9 heteroatoms. The molecule has 1 amide bonds. The van der Waals surface area contributed by atoms with Crippen LogP contribution in [0, 0.1) is 11.8 Å². The number of aryl methyl sites for hydroxylation is 1. The fourth-order valence-electron chi connectivity index (χ4n) is 5.74. The molecule has 0 unspecified atom stereocenters. The van der Waals surface area contributed by atoms with Crippen LogP contribution in [0.3, 0.4) is 0 Å². The summed E-state index contributed by atoms with van der Waals surface area (Å²) < 4.78 is 25.3. The molecule has 1 saturated carbocycles. The number of carboxylic acids is 1. The SMILES string of the molecule is CCC(=O)O[C@H](CC)O[P@](=O)(CCCCc1ccccc1)CC(=O)N1C[C@H](C2CCCCC2)C[C@H]1C(=O)O. The molecule has 1 heterocycles. The highest BCUT2D eigenvalue weighted by molar-refractivity contribution is 7.59. The summed E-state index contributed by atoms with van der Waals surface area (Å²) in [6.07, 6.45) is 7.51. The van der Waals surface area contributed by atoms with Crippen LogP contribution in [0.15, 0.2) is 30.3 Å². The molecule has 1 aliphatic carbocycles. The van der Waals surface area contributed by atoms with Crippen LogP contribution in [0.5, 0.6) is 0 Å². The van der Waals surface area contributed by atoms with Crippen molar-refractivity contribution in [2.75, 3.05) is 18.9 Å². The molecule has 1 aromatic rings. The highest BCUT2D eigenvalue weighted by Gasteiger charge is 2.44. The first-order valence-corrected chi connectivity index (χ1v) is 16.3. The second kappa shape index (κ2) is 14.8. The zero-order chi connectivity index (χ0) is 27.5. The largest absolute Gasteiger partial charge is 0.480 e. The molecule has 1 aromatic carbocycles. The maximum atomic E-state index is 14.1. The summed E-state index contributed by atoms with van der Waals surface area (Å²) in [7, 11) is -3.56. The lowest BCUT2D eigenvalue weighted by atomic mass is 9.79. The van der Waals surface area contributed by atoms with E-state index >= 15 is 0 Å². The molecular weight excluding hydrogens is 505 g/mol. The van der Waals surface area contributed by atoms with Crippen molar-refractivity contribution in [3.8, 4) is 0 Å². The average molecular weight is 550 g/mol. The zero-order valence-electron chi connectivity index (χ0n) is 22.9. The van der Waals surface area contributed by atoms with Crippen LogP contribution in [0.2, 0.25) is 0 Å². The van der Waals surface area contributed by atoms with Gasteiger partial charge in [-0.1, -0.05) is 76.3 Å². The van der Waals surface area contributed by atoms with Gasteiger partial charge in [0.05, 0.1) is 0 Å². The molecule has 3 rings (SSSR count). The van der Waals surface area contributed by atoms with Crippen molar-refractivity contribution >= 4 is 25.2 Å². The normalized spacial score (nSPS) is 22.5. The third-order valence-electron chi connectivity index (χ3n) is 7.88. The summed E-state index contributed by atoms with van der Waals surface area (Å²) in [5, 5.41) is 9.89. The molecule has 1 N–H and O–H groups in total. The van der Waals surface area contributed by atoms with Crippen LogP contribution < -0.4 is 0 Å². The number of carbonyl (C=O) groups excluding carboxylic acids is 2. The predicted molar refractivity (Wildman–Crippen MR) is 146 cm³/mol. The first-order chi connectivity index (χ1) is 18.2. The summed E-state index contributed by atoms with van der Waals surface area (Å²) in [4.78, 5) is 38.9. The fourth-order valence-corrected chi connectivity index (χ4v) is 8.00. The Hall–Kier alpha value is -2.18. The Morgan fingerprint density at radius 1 is 1.05 bits per heavy atom. The first-order valence-electron chi connectivity index (χ1n) is 14.3. The number of carboxylic acid groups (broad SMARTS) is 1. The van der Waals surface area contributed by atoms with E-state index in [2.05, 4.69) is 0 Å². The van der Waals surface area contributed by atoms with Crippen LogP contribution >= 0.6 is 7.37 Å². The van der Waals surface area contributed by atoms with E-state index in [-0.39, 0.29) is 24.7 Å². The number of carbonyl (C=O) groups is 3. The molecule has 4 atom stereocenters. The lowest BCUT2D eigenvalue weighted by molar-refractivity contribution is -0.163. The molecule has 1 saturated heterocycles. The quantitative estimate of drug-likeness (QED) is 0.134. The Morgan fingerprint density at radius 3 is 2.39 bits per heavy atom. The number of hydrogen-bond donors (Lipinski definition) is 1.